The van der Waals surface area contributed by atoms with E-state index < -0.39 is 5.97 Å². The molecule has 0 aromatic rings. The first kappa shape index (κ1) is 7.08. The maximum atomic E-state index is 10.7. The van der Waals surface area contributed by atoms with Gasteiger partial charge in [0.1, 0.15) is 0 Å². The first-order valence-corrected chi connectivity index (χ1v) is 2.94. The zero-order valence-corrected chi connectivity index (χ0v) is 5.66. The van der Waals surface area contributed by atoms with E-state index in [4.69, 9.17) is 10.5 Å². The molecule has 0 unspecified atom stereocenters. The standard InChI is InChI=1S/C6H9NO3/c1-9-6(8)4-2-3-5(7)10-4/h2,5H,3,7H2,1H3/t5-/m1/s1. The molecule has 0 aromatic heterocycles. The Morgan fingerprint density at radius 2 is 2.70 bits per heavy atom. The Balaban J connectivity index is 2.51. The number of nitrogens with two attached hydrogens (primary N) is 1. The van der Waals surface area contributed by atoms with Gasteiger partial charge in [0.15, 0.2) is 6.23 Å². The van der Waals surface area contributed by atoms with Crippen molar-refractivity contribution in [3.63, 3.8) is 0 Å². The van der Waals surface area contributed by atoms with Crippen molar-refractivity contribution < 1.29 is 14.3 Å². The van der Waals surface area contributed by atoms with Gasteiger partial charge in [0.05, 0.1) is 7.11 Å². The molecule has 1 aliphatic rings. The number of carbonyl (C=O) groups excluding carboxylic acids is 1. The Morgan fingerprint density at radius 1 is 2.00 bits per heavy atom. The molecule has 0 bridgehead atoms. The molecule has 0 saturated carbocycles. The van der Waals surface area contributed by atoms with Crippen molar-refractivity contribution in [1.82, 2.24) is 0 Å². The van der Waals surface area contributed by atoms with Gasteiger partial charge < -0.3 is 9.47 Å². The third-order valence-corrected chi connectivity index (χ3v) is 1.20. The summed E-state index contributed by atoms with van der Waals surface area (Å²) in [7, 11) is 1.30. The Morgan fingerprint density at radius 3 is 3.10 bits per heavy atom. The molecule has 0 saturated heterocycles. The molecule has 0 spiro atoms. The van der Waals surface area contributed by atoms with E-state index in [2.05, 4.69) is 4.74 Å². The van der Waals surface area contributed by atoms with Crippen LogP contribution in [0.5, 0.6) is 0 Å². The smallest absolute Gasteiger partial charge is 0.373 e. The van der Waals surface area contributed by atoms with E-state index in [9.17, 15) is 4.79 Å². The van der Waals surface area contributed by atoms with Crippen molar-refractivity contribution in [2.45, 2.75) is 12.6 Å². The molecule has 4 nitrogen and oxygen atoms in total. The number of hydrogen-bond donors (Lipinski definition) is 1. The largest absolute Gasteiger partial charge is 0.468 e. The Hall–Kier alpha value is -1.03. The summed E-state index contributed by atoms with van der Waals surface area (Å²) in [6, 6.07) is 0. The highest BCUT2D eigenvalue weighted by atomic mass is 16.6. The number of esters is 1. The molecule has 1 aliphatic heterocycles. The lowest BCUT2D eigenvalue weighted by molar-refractivity contribution is -0.140. The average Bonchev–Trinajstić information content (AvgIpc) is 2.34. The molecule has 1 atom stereocenters. The van der Waals surface area contributed by atoms with E-state index in [1.165, 1.54) is 7.11 Å². The van der Waals surface area contributed by atoms with E-state index in [-0.39, 0.29) is 12.0 Å². The zero-order chi connectivity index (χ0) is 7.56. The maximum Gasteiger partial charge on any atom is 0.373 e. The number of rotatable bonds is 1. The molecule has 2 N–H and O–H groups in total. The monoisotopic (exact) mass is 143 g/mol. The van der Waals surface area contributed by atoms with Gasteiger partial charge in [0.2, 0.25) is 5.76 Å². The lowest BCUT2D eigenvalue weighted by atomic mass is 10.4. The summed E-state index contributed by atoms with van der Waals surface area (Å²) >= 11 is 0. The fraction of sp³-hybridized carbons (Fsp3) is 0.500. The van der Waals surface area contributed by atoms with E-state index in [0.29, 0.717) is 6.42 Å². The molecular weight excluding hydrogens is 134 g/mol. The van der Waals surface area contributed by atoms with Crippen molar-refractivity contribution in [3.05, 3.63) is 11.8 Å². The highest BCUT2D eigenvalue weighted by Gasteiger charge is 2.20. The summed E-state index contributed by atoms with van der Waals surface area (Å²) in [4.78, 5) is 10.7. The van der Waals surface area contributed by atoms with Gasteiger partial charge in [-0.25, -0.2) is 4.79 Å². The summed E-state index contributed by atoms with van der Waals surface area (Å²) < 4.78 is 9.27. The van der Waals surface area contributed by atoms with Gasteiger partial charge in [-0.05, 0) is 6.08 Å². The fourth-order valence-corrected chi connectivity index (χ4v) is 0.715. The number of carbonyl (C=O) groups is 1. The van der Waals surface area contributed by atoms with Crippen LogP contribution in [0.2, 0.25) is 0 Å². The molecule has 1 rings (SSSR count). The molecule has 0 radical (unpaired) electrons. The van der Waals surface area contributed by atoms with Crippen molar-refractivity contribution in [3.8, 4) is 0 Å². The zero-order valence-electron chi connectivity index (χ0n) is 5.66. The predicted molar refractivity (Wildman–Crippen MR) is 33.8 cm³/mol. The van der Waals surface area contributed by atoms with Crippen LogP contribution in [-0.4, -0.2) is 19.3 Å². The molecule has 0 fully saturated rings. The third kappa shape index (κ3) is 1.27. The second-order valence-corrected chi connectivity index (χ2v) is 1.95. The minimum atomic E-state index is -0.465. The molecule has 56 valence electrons. The van der Waals surface area contributed by atoms with Gasteiger partial charge in [0.25, 0.3) is 0 Å². The van der Waals surface area contributed by atoms with Gasteiger partial charge in [-0.2, -0.15) is 0 Å². The predicted octanol–water partition coefficient (Wildman–Crippen LogP) is -0.252. The molecule has 4 heteroatoms. The highest BCUT2D eigenvalue weighted by molar-refractivity contribution is 5.86. The van der Waals surface area contributed by atoms with Gasteiger partial charge in [0, 0.05) is 6.42 Å². The van der Waals surface area contributed by atoms with Crippen LogP contribution in [0, 0.1) is 0 Å². The maximum absolute atomic E-state index is 10.7. The van der Waals surface area contributed by atoms with E-state index in [1.54, 1.807) is 6.08 Å². The summed E-state index contributed by atoms with van der Waals surface area (Å²) in [5, 5.41) is 0. The summed E-state index contributed by atoms with van der Waals surface area (Å²) in [5.41, 5.74) is 5.34. The van der Waals surface area contributed by atoms with Gasteiger partial charge in [-0.3, -0.25) is 5.73 Å². The van der Waals surface area contributed by atoms with Crippen LogP contribution in [0.1, 0.15) is 6.42 Å². The van der Waals surface area contributed by atoms with Crippen LogP contribution in [0.4, 0.5) is 0 Å². The molecular formula is C6H9NO3. The second-order valence-electron chi connectivity index (χ2n) is 1.95. The molecule has 10 heavy (non-hydrogen) atoms. The molecule has 0 amide bonds. The highest BCUT2D eigenvalue weighted by Crippen LogP contribution is 2.13. The van der Waals surface area contributed by atoms with Crippen LogP contribution in [0.25, 0.3) is 0 Å². The molecule has 1 heterocycles. The fourth-order valence-electron chi connectivity index (χ4n) is 0.715. The van der Waals surface area contributed by atoms with Crippen molar-refractivity contribution >= 4 is 5.97 Å². The second kappa shape index (κ2) is 2.70. The van der Waals surface area contributed by atoms with Gasteiger partial charge >= 0.3 is 5.97 Å². The van der Waals surface area contributed by atoms with Gasteiger partial charge in [-0.15, -0.1) is 0 Å². The van der Waals surface area contributed by atoms with Crippen molar-refractivity contribution in [1.29, 1.82) is 0 Å². The van der Waals surface area contributed by atoms with E-state index in [0.717, 1.165) is 0 Å². The summed E-state index contributed by atoms with van der Waals surface area (Å²) in [5.74, 6) is -0.247. The van der Waals surface area contributed by atoms with E-state index >= 15 is 0 Å². The number of ether oxygens (including phenoxy) is 2. The lowest BCUT2D eigenvalue weighted by Crippen LogP contribution is -2.19. The third-order valence-electron chi connectivity index (χ3n) is 1.20. The molecule has 0 aromatic carbocycles. The van der Waals surface area contributed by atoms with E-state index in [1.807, 2.05) is 0 Å². The quantitative estimate of drug-likeness (QED) is 0.514. The SMILES string of the molecule is COC(=O)C1=CC[C@H](N)O1. The van der Waals surface area contributed by atoms with Crippen molar-refractivity contribution in [2.24, 2.45) is 5.73 Å². The van der Waals surface area contributed by atoms with Crippen LogP contribution in [0.3, 0.4) is 0 Å². The minimum Gasteiger partial charge on any atom is -0.468 e. The Labute approximate surface area is 58.6 Å². The molecule has 0 aliphatic carbocycles. The number of hydrogen-bond acceptors (Lipinski definition) is 4. The summed E-state index contributed by atoms with van der Waals surface area (Å²) in [6.07, 6.45) is 1.81. The normalized spacial score (nSPS) is 23.4. The van der Waals surface area contributed by atoms with Crippen molar-refractivity contribution in [2.75, 3.05) is 7.11 Å². The first-order valence-electron chi connectivity index (χ1n) is 2.94. The van der Waals surface area contributed by atoms with Crippen LogP contribution in [-0.2, 0) is 14.3 Å². The summed E-state index contributed by atoms with van der Waals surface area (Å²) in [6.45, 7) is 0. The number of methoxy groups -OCH3 is 1. The average molecular weight is 143 g/mol. The van der Waals surface area contributed by atoms with Gasteiger partial charge in [-0.1, -0.05) is 0 Å². The minimum absolute atomic E-state index is 0.218. The Kier molecular flexibility index (Phi) is 1.91. The topological polar surface area (TPSA) is 61.5 Å². The lowest BCUT2D eigenvalue weighted by Gasteiger charge is -2.04. The van der Waals surface area contributed by atoms with Crippen LogP contribution >= 0.6 is 0 Å². The van der Waals surface area contributed by atoms with Crippen LogP contribution < -0.4 is 5.73 Å². The first-order chi connectivity index (χ1) is 4.74. The Bertz CT molecular complexity index is 176. The van der Waals surface area contributed by atoms with Crippen LogP contribution in [0.15, 0.2) is 11.8 Å².